The van der Waals surface area contributed by atoms with Gasteiger partial charge in [0.05, 0.1) is 0 Å². The Morgan fingerprint density at radius 3 is 2.52 bits per heavy atom. The largest absolute Gasteiger partial charge is 0.371 e. The molecule has 1 aliphatic carbocycles. The maximum atomic E-state index is 3.62. The Balaban J connectivity index is 2.12. The van der Waals surface area contributed by atoms with Gasteiger partial charge >= 0.3 is 0 Å². The second-order valence-electron chi connectivity index (χ2n) is 6.69. The van der Waals surface area contributed by atoms with Crippen LogP contribution in [0.5, 0.6) is 0 Å². The fourth-order valence-electron chi connectivity index (χ4n) is 3.70. The molecule has 0 atom stereocenters. The van der Waals surface area contributed by atoms with Gasteiger partial charge in [-0.05, 0) is 50.9 Å². The molecule has 1 fully saturated rings. The molecule has 1 saturated carbocycles. The molecule has 2 rings (SSSR count). The first-order chi connectivity index (χ1) is 10.2. The fourth-order valence-corrected chi connectivity index (χ4v) is 3.70. The number of aryl methyl sites for hydroxylation is 1. The summed E-state index contributed by atoms with van der Waals surface area (Å²) in [6, 6.07) is 8.96. The summed E-state index contributed by atoms with van der Waals surface area (Å²) in [5.74, 6) is 0. The average Bonchev–Trinajstić information content (AvgIpc) is 2.52. The SMILES string of the molecule is CCNCC1(CN(CC)c2cccc(C)c2)CCCCC1. The molecule has 1 aromatic rings. The van der Waals surface area contributed by atoms with Crippen molar-refractivity contribution in [1.82, 2.24) is 5.32 Å². The van der Waals surface area contributed by atoms with E-state index in [2.05, 4.69) is 55.3 Å². The Hall–Kier alpha value is -1.02. The highest BCUT2D eigenvalue weighted by Gasteiger charge is 2.33. The monoisotopic (exact) mass is 288 g/mol. The Morgan fingerprint density at radius 2 is 1.90 bits per heavy atom. The number of anilines is 1. The van der Waals surface area contributed by atoms with E-state index in [0.717, 1.165) is 13.1 Å². The highest BCUT2D eigenvalue weighted by molar-refractivity contribution is 5.48. The van der Waals surface area contributed by atoms with Crippen LogP contribution in [0.4, 0.5) is 5.69 Å². The fraction of sp³-hybridized carbons (Fsp3) is 0.684. The van der Waals surface area contributed by atoms with Crippen molar-refractivity contribution in [2.24, 2.45) is 5.41 Å². The van der Waals surface area contributed by atoms with E-state index in [-0.39, 0.29) is 0 Å². The van der Waals surface area contributed by atoms with Crippen LogP contribution in [-0.4, -0.2) is 26.2 Å². The second-order valence-corrected chi connectivity index (χ2v) is 6.69. The van der Waals surface area contributed by atoms with E-state index in [1.165, 1.54) is 56.4 Å². The van der Waals surface area contributed by atoms with E-state index in [9.17, 15) is 0 Å². The minimum atomic E-state index is 0.466. The Morgan fingerprint density at radius 1 is 1.14 bits per heavy atom. The van der Waals surface area contributed by atoms with Gasteiger partial charge in [0, 0.05) is 30.7 Å². The minimum Gasteiger partial charge on any atom is -0.371 e. The van der Waals surface area contributed by atoms with Gasteiger partial charge in [-0.3, -0.25) is 0 Å². The lowest BCUT2D eigenvalue weighted by atomic mass is 9.73. The zero-order valence-electron chi connectivity index (χ0n) is 14.1. The molecule has 0 saturated heterocycles. The van der Waals surface area contributed by atoms with Crippen molar-refractivity contribution < 1.29 is 0 Å². The van der Waals surface area contributed by atoms with Gasteiger partial charge in [-0.25, -0.2) is 0 Å². The van der Waals surface area contributed by atoms with Gasteiger partial charge in [-0.15, -0.1) is 0 Å². The number of rotatable bonds is 7. The van der Waals surface area contributed by atoms with Crippen LogP contribution in [0.25, 0.3) is 0 Å². The van der Waals surface area contributed by atoms with Gasteiger partial charge < -0.3 is 10.2 Å². The van der Waals surface area contributed by atoms with E-state index < -0.39 is 0 Å². The quantitative estimate of drug-likeness (QED) is 0.801. The molecule has 0 aromatic heterocycles. The van der Waals surface area contributed by atoms with Crippen LogP contribution in [0.2, 0.25) is 0 Å². The summed E-state index contributed by atoms with van der Waals surface area (Å²) in [5.41, 5.74) is 3.21. The van der Waals surface area contributed by atoms with Crippen molar-refractivity contribution in [3.05, 3.63) is 29.8 Å². The van der Waals surface area contributed by atoms with Gasteiger partial charge in [0.15, 0.2) is 0 Å². The van der Waals surface area contributed by atoms with Crippen LogP contribution in [0.1, 0.15) is 51.5 Å². The molecule has 0 heterocycles. The lowest BCUT2D eigenvalue weighted by molar-refractivity contribution is 0.189. The smallest absolute Gasteiger partial charge is 0.0368 e. The molecule has 1 aliphatic rings. The van der Waals surface area contributed by atoms with Gasteiger partial charge in [0.2, 0.25) is 0 Å². The third-order valence-electron chi connectivity index (χ3n) is 4.94. The molecule has 2 nitrogen and oxygen atoms in total. The van der Waals surface area contributed by atoms with Crippen LogP contribution < -0.4 is 10.2 Å². The zero-order valence-corrected chi connectivity index (χ0v) is 14.1. The first-order valence-corrected chi connectivity index (χ1v) is 8.71. The third-order valence-corrected chi connectivity index (χ3v) is 4.94. The predicted octanol–water partition coefficient (Wildman–Crippen LogP) is 4.38. The molecule has 0 bridgehead atoms. The van der Waals surface area contributed by atoms with Crippen LogP contribution in [0.15, 0.2) is 24.3 Å². The molecule has 2 heteroatoms. The molecule has 1 N–H and O–H groups in total. The van der Waals surface area contributed by atoms with Crippen molar-refractivity contribution >= 4 is 5.69 Å². The molecule has 118 valence electrons. The Bertz CT molecular complexity index is 421. The van der Waals surface area contributed by atoms with Crippen molar-refractivity contribution in [2.45, 2.75) is 52.9 Å². The molecule has 0 aliphatic heterocycles. The topological polar surface area (TPSA) is 15.3 Å². The zero-order chi connectivity index (χ0) is 15.1. The lowest BCUT2D eigenvalue weighted by Gasteiger charge is -2.42. The van der Waals surface area contributed by atoms with Crippen LogP contribution in [-0.2, 0) is 0 Å². The Labute approximate surface area is 130 Å². The summed E-state index contributed by atoms with van der Waals surface area (Å²) in [4.78, 5) is 2.58. The van der Waals surface area contributed by atoms with Crippen molar-refractivity contribution in [1.29, 1.82) is 0 Å². The van der Waals surface area contributed by atoms with Gasteiger partial charge in [0.25, 0.3) is 0 Å². The normalized spacial score (nSPS) is 17.7. The predicted molar refractivity (Wildman–Crippen MR) is 93.1 cm³/mol. The van der Waals surface area contributed by atoms with E-state index in [4.69, 9.17) is 0 Å². The Kier molecular flexibility index (Phi) is 6.10. The highest BCUT2D eigenvalue weighted by Crippen LogP contribution is 2.37. The van der Waals surface area contributed by atoms with Crippen molar-refractivity contribution in [3.63, 3.8) is 0 Å². The summed E-state index contributed by atoms with van der Waals surface area (Å²) in [6.45, 7) is 11.2. The summed E-state index contributed by atoms with van der Waals surface area (Å²) in [6.07, 6.45) is 6.97. The number of hydrogen-bond acceptors (Lipinski definition) is 2. The highest BCUT2D eigenvalue weighted by atomic mass is 15.1. The number of nitrogens with one attached hydrogen (secondary N) is 1. The standard InChI is InChI=1S/C19H32N2/c1-4-20-15-19(12-7-6-8-13-19)16-21(5-2)18-11-9-10-17(3)14-18/h9-11,14,20H,4-8,12-13,15-16H2,1-3H3. The molecule has 0 radical (unpaired) electrons. The molecular formula is C19H32N2. The third kappa shape index (κ3) is 4.47. The number of nitrogens with zero attached hydrogens (tertiary/aromatic N) is 1. The molecule has 21 heavy (non-hydrogen) atoms. The summed E-state index contributed by atoms with van der Waals surface area (Å²) in [7, 11) is 0. The van der Waals surface area contributed by atoms with Crippen LogP contribution in [0.3, 0.4) is 0 Å². The number of hydrogen-bond donors (Lipinski definition) is 1. The van der Waals surface area contributed by atoms with Crippen molar-refractivity contribution in [2.75, 3.05) is 31.1 Å². The first-order valence-electron chi connectivity index (χ1n) is 8.71. The molecule has 0 amide bonds. The minimum absolute atomic E-state index is 0.466. The maximum Gasteiger partial charge on any atom is 0.0368 e. The van der Waals surface area contributed by atoms with E-state index in [0.29, 0.717) is 5.41 Å². The molecular weight excluding hydrogens is 256 g/mol. The average molecular weight is 288 g/mol. The lowest BCUT2D eigenvalue weighted by Crippen LogP contribution is -2.45. The van der Waals surface area contributed by atoms with E-state index >= 15 is 0 Å². The van der Waals surface area contributed by atoms with E-state index in [1.807, 2.05) is 0 Å². The van der Waals surface area contributed by atoms with Crippen molar-refractivity contribution in [3.8, 4) is 0 Å². The van der Waals surface area contributed by atoms with Gasteiger partial charge in [0.1, 0.15) is 0 Å². The van der Waals surface area contributed by atoms with Gasteiger partial charge in [-0.1, -0.05) is 38.3 Å². The summed E-state index contributed by atoms with van der Waals surface area (Å²) >= 11 is 0. The van der Waals surface area contributed by atoms with E-state index in [1.54, 1.807) is 0 Å². The van der Waals surface area contributed by atoms with Gasteiger partial charge in [-0.2, -0.15) is 0 Å². The summed E-state index contributed by atoms with van der Waals surface area (Å²) in [5, 5.41) is 3.62. The second kappa shape index (κ2) is 7.84. The van der Waals surface area contributed by atoms with Crippen LogP contribution >= 0.6 is 0 Å². The maximum absolute atomic E-state index is 3.62. The molecule has 0 spiro atoms. The molecule has 1 aromatic carbocycles. The molecule has 0 unspecified atom stereocenters. The summed E-state index contributed by atoms with van der Waals surface area (Å²) < 4.78 is 0. The number of benzene rings is 1. The first kappa shape index (κ1) is 16.4. The van der Waals surface area contributed by atoms with Crippen LogP contribution in [0, 0.1) is 12.3 Å².